The highest BCUT2D eigenvalue weighted by atomic mass is 32.3. The Morgan fingerprint density at radius 2 is 1.81 bits per heavy atom. The minimum Gasteiger partial charge on any atom is -0.355 e. The van der Waals surface area contributed by atoms with Crippen molar-refractivity contribution in [2.45, 2.75) is 25.8 Å². The topological polar surface area (TPSA) is 121 Å². The first kappa shape index (κ1) is 23.1. The smallest absolute Gasteiger partial charge is 0.263 e. The van der Waals surface area contributed by atoms with Crippen molar-refractivity contribution >= 4 is 22.4 Å². The normalized spacial score (nSPS) is 17.0. The maximum absolute atomic E-state index is 12.8. The molecule has 9 heteroatoms. The zero-order chi connectivity index (χ0) is 22.4. The van der Waals surface area contributed by atoms with E-state index in [9.17, 15) is 23.5 Å². The molecule has 0 saturated carbocycles. The van der Waals surface area contributed by atoms with Crippen LogP contribution in [0.1, 0.15) is 45.5 Å². The number of benzene rings is 1. The quantitative estimate of drug-likeness (QED) is 0.520. The average molecular weight is 448 g/mol. The van der Waals surface area contributed by atoms with Crippen molar-refractivity contribution in [1.82, 2.24) is 15.2 Å². The number of hydrogen-bond donors (Lipinski definition) is 4. The van der Waals surface area contributed by atoms with Gasteiger partial charge in [-0.25, -0.2) is 0 Å². The molecule has 1 aromatic heterocycles. The lowest BCUT2D eigenvalue weighted by molar-refractivity contribution is 0.0950. The summed E-state index contributed by atoms with van der Waals surface area (Å²) in [4.78, 5) is 37.7. The largest absolute Gasteiger partial charge is 0.355 e. The molecule has 0 radical (unpaired) electrons. The first-order valence-electron chi connectivity index (χ1n) is 10.3. The lowest BCUT2D eigenvalue weighted by Gasteiger charge is -2.39. The molecule has 1 aromatic carbocycles. The van der Waals surface area contributed by atoms with Crippen LogP contribution in [0.15, 0.2) is 47.4 Å². The van der Waals surface area contributed by atoms with Crippen LogP contribution in [-0.2, 0) is 6.54 Å². The second-order valence-electron chi connectivity index (χ2n) is 7.84. The van der Waals surface area contributed by atoms with Gasteiger partial charge in [-0.1, -0.05) is 30.3 Å². The fraction of sp³-hybridized carbons (Fsp3) is 0.409. The first-order valence-corrected chi connectivity index (χ1v) is 12.2. The average Bonchev–Trinajstić information content (AvgIpc) is 2.76. The van der Waals surface area contributed by atoms with E-state index in [1.165, 1.54) is 23.9 Å². The Hall–Kier alpha value is -2.62. The Morgan fingerprint density at radius 1 is 1.13 bits per heavy atom. The molecular weight excluding hydrogens is 418 g/mol. The van der Waals surface area contributed by atoms with Gasteiger partial charge in [-0.2, -0.15) is 10.6 Å². The molecule has 0 spiro atoms. The van der Waals surface area contributed by atoms with Gasteiger partial charge in [0.05, 0.1) is 12.1 Å². The third kappa shape index (κ3) is 6.19. The summed E-state index contributed by atoms with van der Waals surface area (Å²) in [5.74, 6) is 0.292. The van der Waals surface area contributed by atoms with E-state index in [0.29, 0.717) is 24.0 Å². The molecule has 0 atom stereocenters. The van der Waals surface area contributed by atoms with Gasteiger partial charge < -0.3 is 15.2 Å². The van der Waals surface area contributed by atoms with Crippen molar-refractivity contribution in [2.75, 3.05) is 25.1 Å². The van der Waals surface area contributed by atoms with E-state index in [1.54, 1.807) is 0 Å². The molecule has 2 heterocycles. The molecule has 168 valence electrons. The van der Waals surface area contributed by atoms with Crippen LogP contribution in [-0.4, -0.2) is 50.6 Å². The van der Waals surface area contributed by atoms with Crippen molar-refractivity contribution in [3.63, 3.8) is 0 Å². The summed E-state index contributed by atoms with van der Waals surface area (Å²) in [6.07, 6.45) is 3.70. The lowest BCUT2D eigenvalue weighted by Crippen LogP contribution is -2.34. The summed E-state index contributed by atoms with van der Waals surface area (Å²) < 4.78 is 20.8. The molecule has 0 aliphatic carbocycles. The second-order valence-corrected chi connectivity index (χ2v) is 10.3. The highest BCUT2D eigenvalue weighted by Crippen LogP contribution is 2.46. The highest BCUT2D eigenvalue weighted by Gasteiger charge is 2.24. The second kappa shape index (κ2) is 10.1. The number of rotatable bonds is 7. The highest BCUT2D eigenvalue weighted by molar-refractivity contribution is 8.24. The van der Waals surface area contributed by atoms with Gasteiger partial charge in [0.25, 0.3) is 17.4 Å². The van der Waals surface area contributed by atoms with Crippen molar-refractivity contribution in [2.24, 2.45) is 5.92 Å². The van der Waals surface area contributed by atoms with Gasteiger partial charge in [-0.05, 0) is 36.8 Å². The van der Waals surface area contributed by atoms with Crippen LogP contribution in [0.3, 0.4) is 0 Å². The van der Waals surface area contributed by atoms with Crippen LogP contribution in [0.5, 0.6) is 0 Å². The summed E-state index contributed by atoms with van der Waals surface area (Å²) >= 11 is 0. The number of pyridine rings is 1. The number of nitrogens with one attached hydrogen (secondary N) is 2. The summed E-state index contributed by atoms with van der Waals surface area (Å²) in [7, 11) is -0.968. The Kier molecular flexibility index (Phi) is 7.53. The third-order valence-electron chi connectivity index (χ3n) is 5.56. The zero-order valence-electron chi connectivity index (χ0n) is 17.5. The monoisotopic (exact) mass is 447 g/mol. The van der Waals surface area contributed by atoms with Crippen LogP contribution in [0.4, 0.5) is 0 Å². The van der Waals surface area contributed by atoms with Crippen LogP contribution < -0.4 is 16.2 Å². The van der Waals surface area contributed by atoms with Crippen LogP contribution in [0.2, 0.25) is 0 Å². The molecule has 31 heavy (non-hydrogen) atoms. The minimum atomic E-state index is -2.41. The molecular formula is C22H29N3O5S. The van der Waals surface area contributed by atoms with Gasteiger partial charge in [0.1, 0.15) is 5.56 Å². The first-order chi connectivity index (χ1) is 14.8. The fourth-order valence-electron chi connectivity index (χ4n) is 3.69. The molecule has 8 nitrogen and oxygen atoms in total. The maximum Gasteiger partial charge on any atom is 0.263 e. The van der Waals surface area contributed by atoms with Crippen molar-refractivity contribution in [3.05, 3.63) is 69.6 Å². The fourth-order valence-corrected chi connectivity index (χ4v) is 5.32. The van der Waals surface area contributed by atoms with Gasteiger partial charge in [0, 0.05) is 31.3 Å². The van der Waals surface area contributed by atoms with E-state index in [2.05, 4.69) is 10.6 Å². The SMILES string of the molecule is CNC(=O)c1cc(C(=O)NCCC2CCS(O)(O)CC2)cn(Cc2ccccc2)c1=O. The number of hydrogen-bond acceptors (Lipinski definition) is 5. The summed E-state index contributed by atoms with van der Waals surface area (Å²) in [5, 5.41) is 5.31. The molecule has 0 unspecified atom stereocenters. The Morgan fingerprint density at radius 3 is 2.45 bits per heavy atom. The van der Waals surface area contributed by atoms with Gasteiger partial charge in [0.15, 0.2) is 0 Å². The number of carbonyl (C=O) groups is 2. The summed E-state index contributed by atoms with van der Waals surface area (Å²) in [6, 6.07) is 10.7. The number of carbonyl (C=O) groups excluding carboxylic acids is 2. The van der Waals surface area contributed by atoms with Crippen LogP contribution >= 0.6 is 10.6 Å². The summed E-state index contributed by atoms with van der Waals surface area (Å²) in [5.41, 5.74) is 0.588. The number of amides is 2. The van der Waals surface area contributed by atoms with E-state index >= 15 is 0 Å². The molecule has 2 aromatic rings. The van der Waals surface area contributed by atoms with E-state index in [1.807, 2.05) is 30.3 Å². The molecule has 2 amide bonds. The van der Waals surface area contributed by atoms with E-state index in [0.717, 1.165) is 24.8 Å². The van der Waals surface area contributed by atoms with E-state index < -0.39 is 22.1 Å². The maximum atomic E-state index is 12.8. The lowest BCUT2D eigenvalue weighted by atomic mass is 9.99. The molecule has 4 N–H and O–H groups in total. The predicted molar refractivity (Wildman–Crippen MR) is 122 cm³/mol. The predicted octanol–water partition coefficient (Wildman–Crippen LogP) is 2.54. The summed E-state index contributed by atoms with van der Waals surface area (Å²) in [6.45, 7) is 0.690. The minimum absolute atomic E-state index is 0.0800. The molecule has 1 fully saturated rings. The van der Waals surface area contributed by atoms with Crippen LogP contribution in [0, 0.1) is 5.92 Å². The standard InChI is InChI=1S/C22H29N3O5S/c1-23-21(27)19-13-18(15-25(22(19)28)14-17-5-3-2-4-6-17)20(26)24-10-7-16-8-11-31(29,30)12-9-16/h2-6,13,15-16,29-30H,7-12,14H2,1H3,(H,23,27)(H,24,26). The van der Waals surface area contributed by atoms with Gasteiger partial charge in [0.2, 0.25) is 0 Å². The molecule has 0 bridgehead atoms. The third-order valence-corrected chi connectivity index (χ3v) is 7.34. The van der Waals surface area contributed by atoms with Crippen molar-refractivity contribution in [3.8, 4) is 0 Å². The molecule has 1 aliphatic rings. The Balaban J connectivity index is 1.71. The number of nitrogens with zero attached hydrogens (tertiary/aromatic N) is 1. The Bertz CT molecular complexity index is 980. The van der Waals surface area contributed by atoms with E-state index in [4.69, 9.17) is 0 Å². The van der Waals surface area contributed by atoms with Gasteiger partial charge in [-0.15, -0.1) is 0 Å². The Labute approximate surface area is 183 Å². The van der Waals surface area contributed by atoms with Crippen LogP contribution in [0.25, 0.3) is 0 Å². The molecule has 3 rings (SSSR count). The van der Waals surface area contributed by atoms with E-state index in [-0.39, 0.29) is 23.6 Å². The van der Waals surface area contributed by atoms with Gasteiger partial charge >= 0.3 is 0 Å². The number of aromatic nitrogens is 1. The van der Waals surface area contributed by atoms with Crippen molar-refractivity contribution in [1.29, 1.82) is 0 Å². The van der Waals surface area contributed by atoms with Gasteiger partial charge in [-0.3, -0.25) is 23.5 Å². The van der Waals surface area contributed by atoms with Crippen molar-refractivity contribution < 1.29 is 18.7 Å². The molecule has 1 aliphatic heterocycles. The zero-order valence-corrected chi connectivity index (χ0v) is 18.4. The molecule has 1 saturated heterocycles.